The van der Waals surface area contributed by atoms with Crippen molar-refractivity contribution in [3.8, 4) is 5.75 Å². The molecule has 2 aliphatic heterocycles. The predicted octanol–water partition coefficient (Wildman–Crippen LogP) is 5.38. The summed E-state index contributed by atoms with van der Waals surface area (Å²) < 4.78 is 5.98. The van der Waals surface area contributed by atoms with Gasteiger partial charge in [0.25, 0.3) is 0 Å². The van der Waals surface area contributed by atoms with Gasteiger partial charge in [0.1, 0.15) is 5.75 Å². The van der Waals surface area contributed by atoms with Crippen LogP contribution < -0.4 is 20.7 Å². The first-order chi connectivity index (χ1) is 15.6. The lowest BCUT2D eigenvalue weighted by Crippen LogP contribution is -2.65. The number of thiocarbonyl (C=S) groups is 1. The molecule has 3 rings (SSSR count). The highest BCUT2D eigenvalue weighted by Crippen LogP contribution is 2.34. The number of hydrogen-bond donors (Lipinski definition) is 3. The highest BCUT2D eigenvalue weighted by molar-refractivity contribution is 7.80. The summed E-state index contributed by atoms with van der Waals surface area (Å²) in [5.74, 6) is 0.953. The van der Waals surface area contributed by atoms with E-state index >= 15 is 0 Å². The van der Waals surface area contributed by atoms with Gasteiger partial charge in [-0.3, -0.25) is 0 Å². The van der Waals surface area contributed by atoms with Crippen molar-refractivity contribution in [2.75, 3.05) is 6.61 Å². The Morgan fingerprint density at radius 1 is 0.912 bits per heavy atom. The molecule has 34 heavy (non-hydrogen) atoms. The maximum Gasteiger partial charge on any atom is 0.169 e. The first-order valence-electron chi connectivity index (χ1n) is 13.0. The van der Waals surface area contributed by atoms with Crippen LogP contribution in [0.25, 0.3) is 0 Å². The molecule has 1 aromatic carbocycles. The number of nitrogens with one attached hydrogen (secondary N) is 3. The first kappa shape index (κ1) is 27.2. The summed E-state index contributed by atoms with van der Waals surface area (Å²) in [4.78, 5) is 2.44. The Morgan fingerprint density at radius 3 is 1.94 bits per heavy atom. The second kappa shape index (κ2) is 9.94. The van der Waals surface area contributed by atoms with Gasteiger partial charge >= 0.3 is 0 Å². The molecule has 0 radical (unpaired) electrons. The smallest absolute Gasteiger partial charge is 0.169 e. The fourth-order valence-corrected chi connectivity index (χ4v) is 7.03. The molecule has 1 aromatic rings. The van der Waals surface area contributed by atoms with Gasteiger partial charge in [-0.05, 0) is 106 Å². The van der Waals surface area contributed by atoms with E-state index < -0.39 is 0 Å². The lowest BCUT2D eigenvalue weighted by Gasteiger charge is -2.51. The fourth-order valence-electron chi connectivity index (χ4n) is 6.65. The Balaban J connectivity index is 1.89. The molecular weight excluding hydrogens is 440 g/mol. The molecule has 6 heteroatoms. The SMILES string of the molecule is CCOc1ccccc1CN(C(=S)NC1CC(C)(C)NC(C)(C)C1)C1CC(C)(C)NC(C)(C)C1. The van der Waals surface area contributed by atoms with Crippen LogP contribution in [-0.2, 0) is 6.54 Å². The van der Waals surface area contributed by atoms with Gasteiger partial charge in [0.2, 0.25) is 0 Å². The Kier molecular flexibility index (Phi) is 7.96. The van der Waals surface area contributed by atoms with Gasteiger partial charge in [-0.2, -0.15) is 0 Å². The fraction of sp³-hybridized carbons (Fsp3) is 0.750. The largest absolute Gasteiger partial charge is 0.494 e. The van der Waals surface area contributed by atoms with E-state index in [1.165, 1.54) is 5.56 Å². The molecule has 2 saturated heterocycles. The van der Waals surface area contributed by atoms with Crippen molar-refractivity contribution in [3.05, 3.63) is 29.8 Å². The molecule has 2 fully saturated rings. The second-order valence-electron chi connectivity index (χ2n) is 13.1. The predicted molar refractivity (Wildman–Crippen MR) is 148 cm³/mol. The van der Waals surface area contributed by atoms with E-state index in [-0.39, 0.29) is 22.2 Å². The molecule has 0 saturated carbocycles. The van der Waals surface area contributed by atoms with Crippen molar-refractivity contribution < 1.29 is 4.74 Å². The van der Waals surface area contributed by atoms with Gasteiger partial charge in [0.05, 0.1) is 6.61 Å². The maximum atomic E-state index is 6.18. The number of rotatable bonds is 6. The van der Waals surface area contributed by atoms with E-state index in [0.29, 0.717) is 18.7 Å². The highest BCUT2D eigenvalue weighted by atomic mass is 32.1. The van der Waals surface area contributed by atoms with Crippen LogP contribution in [0.1, 0.15) is 93.6 Å². The number of ether oxygens (including phenoxy) is 1. The van der Waals surface area contributed by atoms with Gasteiger partial charge < -0.3 is 25.6 Å². The third-order valence-electron chi connectivity index (χ3n) is 7.00. The van der Waals surface area contributed by atoms with Crippen LogP contribution in [-0.4, -0.2) is 50.9 Å². The standard InChI is InChI=1S/C28H48N4OS/c1-10-33-23-14-12-11-13-20(23)19-32(22-17-27(6,7)31-28(8,9)18-22)24(34)29-21-15-25(2,3)30-26(4,5)16-21/h11-14,21-22,30-31H,10,15-19H2,1-9H3,(H,29,34). The monoisotopic (exact) mass is 488 g/mol. The summed E-state index contributed by atoms with van der Waals surface area (Å²) in [6.07, 6.45) is 4.17. The van der Waals surface area contributed by atoms with E-state index in [9.17, 15) is 0 Å². The van der Waals surface area contributed by atoms with Crippen LogP contribution in [0.2, 0.25) is 0 Å². The molecule has 0 unspecified atom stereocenters. The molecule has 192 valence electrons. The molecule has 2 aliphatic rings. The Morgan fingerprint density at radius 2 is 1.41 bits per heavy atom. The van der Waals surface area contributed by atoms with Crippen molar-refractivity contribution in [3.63, 3.8) is 0 Å². The van der Waals surface area contributed by atoms with Crippen molar-refractivity contribution in [1.82, 2.24) is 20.9 Å². The minimum absolute atomic E-state index is 0.0401. The second-order valence-corrected chi connectivity index (χ2v) is 13.5. The zero-order valence-electron chi connectivity index (χ0n) is 23.0. The quantitative estimate of drug-likeness (QED) is 0.468. The van der Waals surface area contributed by atoms with Crippen LogP contribution in [0.4, 0.5) is 0 Å². The highest BCUT2D eigenvalue weighted by Gasteiger charge is 2.42. The first-order valence-corrected chi connectivity index (χ1v) is 13.4. The van der Waals surface area contributed by atoms with Crippen LogP contribution in [0.5, 0.6) is 5.75 Å². The topological polar surface area (TPSA) is 48.6 Å². The van der Waals surface area contributed by atoms with Crippen molar-refractivity contribution in [2.24, 2.45) is 0 Å². The van der Waals surface area contributed by atoms with E-state index in [0.717, 1.165) is 43.1 Å². The lowest BCUT2D eigenvalue weighted by atomic mass is 9.78. The molecule has 0 aliphatic carbocycles. The van der Waals surface area contributed by atoms with Gasteiger partial charge in [-0.25, -0.2) is 0 Å². The Bertz CT molecular complexity index is 832. The average Bonchev–Trinajstić information content (AvgIpc) is 2.62. The summed E-state index contributed by atoms with van der Waals surface area (Å²) in [6, 6.07) is 9.07. The molecule has 0 spiro atoms. The minimum atomic E-state index is 0.0401. The molecule has 3 N–H and O–H groups in total. The third kappa shape index (κ3) is 7.32. The normalized spacial score (nSPS) is 23.8. The minimum Gasteiger partial charge on any atom is -0.494 e. The maximum absolute atomic E-state index is 6.18. The molecule has 2 heterocycles. The summed E-state index contributed by atoms with van der Waals surface area (Å²) in [5.41, 5.74) is 1.41. The number of piperidine rings is 2. The van der Waals surface area contributed by atoms with Crippen molar-refractivity contribution >= 4 is 17.3 Å². The van der Waals surface area contributed by atoms with Crippen LogP contribution in [0.15, 0.2) is 24.3 Å². The molecule has 0 bridgehead atoms. The van der Waals surface area contributed by atoms with Crippen LogP contribution in [0, 0.1) is 0 Å². The van der Waals surface area contributed by atoms with E-state index in [1.807, 2.05) is 13.0 Å². The van der Waals surface area contributed by atoms with E-state index in [4.69, 9.17) is 17.0 Å². The number of para-hydroxylation sites is 1. The molecule has 0 amide bonds. The average molecular weight is 489 g/mol. The Hall–Kier alpha value is -1.37. The van der Waals surface area contributed by atoms with Gasteiger partial charge in [-0.15, -0.1) is 0 Å². The van der Waals surface area contributed by atoms with Crippen molar-refractivity contribution in [1.29, 1.82) is 0 Å². The molecule has 0 aromatic heterocycles. The van der Waals surface area contributed by atoms with Gasteiger partial charge in [-0.1, -0.05) is 18.2 Å². The summed E-state index contributed by atoms with van der Waals surface area (Å²) in [7, 11) is 0. The molecular formula is C28H48N4OS. The molecule has 5 nitrogen and oxygen atoms in total. The lowest BCUT2D eigenvalue weighted by molar-refractivity contribution is 0.0968. The van der Waals surface area contributed by atoms with Crippen molar-refractivity contribution in [2.45, 2.75) is 129 Å². The number of nitrogens with zero attached hydrogens (tertiary/aromatic N) is 1. The summed E-state index contributed by atoms with van der Waals surface area (Å²) >= 11 is 6.18. The Labute approximate surface area is 213 Å². The summed E-state index contributed by atoms with van der Waals surface area (Å²) in [6.45, 7) is 21.8. The van der Waals surface area contributed by atoms with Gasteiger partial charge in [0, 0.05) is 46.3 Å². The van der Waals surface area contributed by atoms with Crippen LogP contribution >= 0.6 is 12.2 Å². The zero-order valence-corrected chi connectivity index (χ0v) is 23.8. The zero-order chi connectivity index (χ0) is 25.4. The molecule has 0 atom stereocenters. The van der Waals surface area contributed by atoms with E-state index in [2.05, 4.69) is 94.4 Å². The number of benzene rings is 1. The summed E-state index contributed by atoms with van der Waals surface area (Å²) in [5, 5.41) is 12.3. The number of hydrogen-bond acceptors (Lipinski definition) is 4. The third-order valence-corrected chi connectivity index (χ3v) is 7.35. The van der Waals surface area contributed by atoms with E-state index in [1.54, 1.807) is 0 Å². The van der Waals surface area contributed by atoms with Gasteiger partial charge in [0.15, 0.2) is 5.11 Å². The van der Waals surface area contributed by atoms with Crippen LogP contribution in [0.3, 0.4) is 0 Å².